The maximum Gasteiger partial charge on any atom is 0.254 e. The van der Waals surface area contributed by atoms with Crippen LogP contribution in [-0.4, -0.2) is 35.9 Å². The van der Waals surface area contributed by atoms with Crippen LogP contribution in [0.2, 0.25) is 0 Å². The van der Waals surface area contributed by atoms with Gasteiger partial charge >= 0.3 is 0 Å². The van der Waals surface area contributed by atoms with Crippen molar-refractivity contribution in [3.8, 4) is 5.75 Å². The van der Waals surface area contributed by atoms with E-state index in [2.05, 4.69) is 6.92 Å². The van der Waals surface area contributed by atoms with Gasteiger partial charge in [0.2, 0.25) is 0 Å². The third kappa shape index (κ3) is 5.41. The monoisotopic (exact) mass is 297 g/mol. The fourth-order valence-corrected chi connectivity index (χ4v) is 2.13. The number of hydrogen-bond acceptors (Lipinski definition) is 2. The van der Waals surface area contributed by atoms with Gasteiger partial charge in [0.1, 0.15) is 5.75 Å². The lowest BCUT2D eigenvalue weighted by molar-refractivity contribution is 0.0762. The Labute approximate surface area is 126 Å². The Balaban J connectivity index is 2.82. The SMILES string of the molecule is CCCCN(CCCl)C(=O)c1cccc(OC(C)C)c1. The molecule has 3 nitrogen and oxygen atoms in total. The number of carbonyl (C=O) groups is 1. The molecule has 1 amide bonds. The van der Waals surface area contributed by atoms with Gasteiger partial charge in [-0.3, -0.25) is 4.79 Å². The van der Waals surface area contributed by atoms with Gasteiger partial charge in [-0.15, -0.1) is 11.6 Å². The molecule has 0 aliphatic heterocycles. The Morgan fingerprint density at radius 2 is 2.10 bits per heavy atom. The molecule has 1 aromatic carbocycles. The van der Waals surface area contributed by atoms with Gasteiger partial charge in [0.05, 0.1) is 6.10 Å². The highest BCUT2D eigenvalue weighted by Gasteiger charge is 2.15. The minimum absolute atomic E-state index is 0.0216. The Hall–Kier alpha value is -1.22. The summed E-state index contributed by atoms with van der Waals surface area (Å²) in [6, 6.07) is 7.34. The summed E-state index contributed by atoms with van der Waals surface area (Å²) in [7, 11) is 0. The molecule has 0 aliphatic rings. The number of ether oxygens (including phenoxy) is 1. The summed E-state index contributed by atoms with van der Waals surface area (Å²) in [4.78, 5) is 14.3. The summed E-state index contributed by atoms with van der Waals surface area (Å²) >= 11 is 5.79. The molecule has 1 aromatic rings. The highest BCUT2D eigenvalue weighted by Crippen LogP contribution is 2.16. The fraction of sp³-hybridized carbons (Fsp3) is 0.562. The molecular weight excluding hydrogens is 274 g/mol. The van der Waals surface area contributed by atoms with Crippen LogP contribution in [0.4, 0.5) is 0 Å². The molecule has 0 atom stereocenters. The van der Waals surface area contributed by atoms with E-state index in [9.17, 15) is 4.79 Å². The van der Waals surface area contributed by atoms with Crippen LogP contribution >= 0.6 is 11.6 Å². The van der Waals surface area contributed by atoms with Crippen molar-refractivity contribution in [3.63, 3.8) is 0 Å². The van der Waals surface area contributed by atoms with E-state index >= 15 is 0 Å². The van der Waals surface area contributed by atoms with E-state index in [4.69, 9.17) is 16.3 Å². The fourth-order valence-electron chi connectivity index (χ4n) is 1.92. The zero-order valence-electron chi connectivity index (χ0n) is 12.6. The minimum atomic E-state index is 0.0216. The van der Waals surface area contributed by atoms with Crippen LogP contribution in [-0.2, 0) is 0 Å². The molecule has 0 fully saturated rings. The van der Waals surface area contributed by atoms with Gasteiger partial charge in [-0.2, -0.15) is 0 Å². The second-order valence-corrected chi connectivity index (χ2v) is 5.41. The molecule has 0 unspecified atom stereocenters. The van der Waals surface area contributed by atoms with E-state index in [0.29, 0.717) is 18.0 Å². The number of alkyl halides is 1. The molecule has 0 radical (unpaired) electrons. The molecule has 0 saturated carbocycles. The molecule has 0 spiro atoms. The highest BCUT2D eigenvalue weighted by atomic mass is 35.5. The molecule has 0 aliphatic carbocycles. The van der Waals surface area contributed by atoms with Crippen LogP contribution in [0.1, 0.15) is 44.0 Å². The second kappa shape index (κ2) is 8.85. The van der Waals surface area contributed by atoms with Crippen molar-refractivity contribution in [2.24, 2.45) is 0 Å². The predicted octanol–water partition coefficient (Wildman–Crippen LogP) is 3.95. The van der Waals surface area contributed by atoms with E-state index in [1.807, 2.05) is 36.9 Å². The van der Waals surface area contributed by atoms with Gasteiger partial charge in [0.25, 0.3) is 5.91 Å². The molecule has 0 N–H and O–H groups in total. The zero-order chi connectivity index (χ0) is 15.0. The molecule has 0 heterocycles. The number of hydrogen-bond donors (Lipinski definition) is 0. The molecule has 1 rings (SSSR count). The van der Waals surface area contributed by atoms with Crippen LogP contribution in [0.3, 0.4) is 0 Å². The number of rotatable bonds is 8. The summed E-state index contributed by atoms with van der Waals surface area (Å²) in [6.07, 6.45) is 2.15. The van der Waals surface area contributed by atoms with Gasteiger partial charge in [-0.05, 0) is 38.5 Å². The van der Waals surface area contributed by atoms with Crippen molar-refractivity contribution < 1.29 is 9.53 Å². The molecule has 112 valence electrons. The summed E-state index contributed by atoms with van der Waals surface area (Å²) in [6.45, 7) is 7.37. The second-order valence-electron chi connectivity index (χ2n) is 5.03. The lowest BCUT2D eigenvalue weighted by atomic mass is 10.1. The molecular formula is C16H24ClNO2. The average Bonchev–Trinajstić information content (AvgIpc) is 2.42. The first-order valence-electron chi connectivity index (χ1n) is 7.20. The number of benzene rings is 1. The molecule has 4 heteroatoms. The van der Waals surface area contributed by atoms with E-state index in [0.717, 1.165) is 25.1 Å². The molecule has 0 bridgehead atoms. The minimum Gasteiger partial charge on any atom is -0.491 e. The quantitative estimate of drug-likeness (QED) is 0.680. The normalized spacial score (nSPS) is 10.7. The topological polar surface area (TPSA) is 29.5 Å². The first kappa shape index (κ1) is 16.8. The number of carbonyl (C=O) groups excluding carboxylic acids is 1. The molecule has 20 heavy (non-hydrogen) atoms. The largest absolute Gasteiger partial charge is 0.491 e. The van der Waals surface area contributed by atoms with Crippen molar-refractivity contribution >= 4 is 17.5 Å². The number of unbranched alkanes of at least 4 members (excludes halogenated alkanes) is 1. The number of amides is 1. The van der Waals surface area contributed by atoms with Gasteiger partial charge in [0, 0.05) is 24.5 Å². The van der Waals surface area contributed by atoms with Crippen molar-refractivity contribution in [3.05, 3.63) is 29.8 Å². The van der Waals surface area contributed by atoms with Crippen molar-refractivity contribution in [1.29, 1.82) is 0 Å². The van der Waals surface area contributed by atoms with Crippen LogP contribution in [0.25, 0.3) is 0 Å². The lowest BCUT2D eigenvalue weighted by Gasteiger charge is -2.22. The van der Waals surface area contributed by atoms with Gasteiger partial charge < -0.3 is 9.64 Å². The van der Waals surface area contributed by atoms with Gasteiger partial charge in [-0.25, -0.2) is 0 Å². The first-order chi connectivity index (χ1) is 9.58. The van der Waals surface area contributed by atoms with Gasteiger partial charge in [-0.1, -0.05) is 19.4 Å². The number of nitrogens with zero attached hydrogens (tertiary/aromatic N) is 1. The van der Waals surface area contributed by atoms with Crippen LogP contribution < -0.4 is 4.74 Å². The Morgan fingerprint density at radius 1 is 1.35 bits per heavy atom. The molecule has 0 saturated heterocycles. The standard InChI is InChI=1S/C16H24ClNO2/c1-4-5-10-18(11-9-17)16(19)14-7-6-8-15(12-14)20-13(2)3/h6-8,12-13H,4-5,9-11H2,1-3H3. The average molecular weight is 298 g/mol. The number of halogens is 1. The van der Waals surface area contributed by atoms with E-state index in [1.165, 1.54) is 0 Å². The first-order valence-corrected chi connectivity index (χ1v) is 7.73. The van der Waals surface area contributed by atoms with Crippen molar-refractivity contribution in [2.75, 3.05) is 19.0 Å². The third-order valence-corrected chi connectivity index (χ3v) is 3.05. The summed E-state index contributed by atoms with van der Waals surface area (Å²) in [5.41, 5.74) is 0.657. The third-order valence-electron chi connectivity index (χ3n) is 2.88. The zero-order valence-corrected chi connectivity index (χ0v) is 13.3. The highest BCUT2D eigenvalue weighted by molar-refractivity contribution is 6.18. The van der Waals surface area contributed by atoms with Crippen LogP contribution in [0.5, 0.6) is 5.75 Å². The summed E-state index contributed by atoms with van der Waals surface area (Å²) in [5.74, 6) is 1.21. The summed E-state index contributed by atoms with van der Waals surface area (Å²) < 4.78 is 5.63. The van der Waals surface area contributed by atoms with E-state index in [-0.39, 0.29) is 12.0 Å². The lowest BCUT2D eigenvalue weighted by Crippen LogP contribution is -2.33. The van der Waals surface area contributed by atoms with E-state index in [1.54, 1.807) is 6.07 Å². The van der Waals surface area contributed by atoms with Crippen molar-refractivity contribution in [2.45, 2.75) is 39.7 Å². The van der Waals surface area contributed by atoms with E-state index < -0.39 is 0 Å². The predicted molar refractivity (Wildman–Crippen MR) is 83.7 cm³/mol. The molecule has 0 aromatic heterocycles. The maximum atomic E-state index is 12.5. The Morgan fingerprint density at radius 3 is 2.70 bits per heavy atom. The Kier molecular flexibility index (Phi) is 7.45. The van der Waals surface area contributed by atoms with Gasteiger partial charge in [0.15, 0.2) is 0 Å². The van der Waals surface area contributed by atoms with Crippen molar-refractivity contribution in [1.82, 2.24) is 4.90 Å². The Bertz CT molecular complexity index is 421. The van der Waals surface area contributed by atoms with Crippen LogP contribution in [0.15, 0.2) is 24.3 Å². The maximum absolute atomic E-state index is 12.5. The summed E-state index contributed by atoms with van der Waals surface area (Å²) in [5, 5.41) is 0. The van der Waals surface area contributed by atoms with Crippen LogP contribution in [0, 0.1) is 0 Å². The smallest absolute Gasteiger partial charge is 0.254 e.